The van der Waals surface area contributed by atoms with Crippen LogP contribution in [0.3, 0.4) is 0 Å². The molecule has 0 spiro atoms. The standard InChI is InChI=1S/C15H10Cl2F3NO3S/c16-6-8-7-21(14(22)15(18,19)20)11-5-4-9-10(13(8)11)2-1-3-12(9)25(17,23)24/h1-5,8H,6-7H2. The van der Waals surface area contributed by atoms with Gasteiger partial charge >= 0.3 is 12.1 Å². The molecule has 2 aromatic carbocycles. The summed E-state index contributed by atoms with van der Waals surface area (Å²) in [5.41, 5.74) is 0.483. The SMILES string of the molecule is O=C(N1CC(CCl)c2c1ccc1c(S(=O)(=O)Cl)cccc21)C(F)(F)F. The normalized spacial score (nSPS) is 17.8. The highest BCUT2D eigenvalue weighted by Crippen LogP contribution is 2.44. The van der Waals surface area contributed by atoms with Gasteiger partial charge < -0.3 is 4.90 Å². The molecule has 3 rings (SSSR count). The van der Waals surface area contributed by atoms with E-state index in [9.17, 15) is 26.4 Å². The Balaban J connectivity index is 2.28. The summed E-state index contributed by atoms with van der Waals surface area (Å²) in [6.45, 7) is -0.228. The van der Waals surface area contributed by atoms with Crippen LogP contribution in [0, 0.1) is 0 Å². The van der Waals surface area contributed by atoms with E-state index < -0.39 is 27.1 Å². The first kappa shape index (κ1) is 18.3. The van der Waals surface area contributed by atoms with E-state index in [-0.39, 0.29) is 28.4 Å². The van der Waals surface area contributed by atoms with Gasteiger partial charge in [-0.15, -0.1) is 11.6 Å². The number of amides is 1. The molecule has 134 valence electrons. The summed E-state index contributed by atoms with van der Waals surface area (Å²) in [6.07, 6.45) is -5.02. The summed E-state index contributed by atoms with van der Waals surface area (Å²) in [7, 11) is 1.39. The van der Waals surface area contributed by atoms with Crippen LogP contribution in [0.2, 0.25) is 0 Å². The fourth-order valence-electron chi connectivity index (χ4n) is 3.10. The summed E-state index contributed by atoms with van der Waals surface area (Å²) in [5, 5.41) is 0.676. The molecular weight excluding hydrogens is 402 g/mol. The number of halogens is 5. The van der Waals surface area contributed by atoms with Gasteiger partial charge in [0.15, 0.2) is 0 Å². The van der Waals surface area contributed by atoms with Crippen LogP contribution in [-0.4, -0.2) is 32.9 Å². The van der Waals surface area contributed by atoms with Gasteiger partial charge in [0.05, 0.1) is 4.90 Å². The Morgan fingerprint density at radius 1 is 1.20 bits per heavy atom. The van der Waals surface area contributed by atoms with Gasteiger partial charge in [0.25, 0.3) is 9.05 Å². The molecule has 0 aliphatic carbocycles. The van der Waals surface area contributed by atoms with Gasteiger partial charge in [-0.1, -0.05) is 18.2 Å². The van der Waals surface area contributed by atoms with Crippen molar-refractivity contribution in [3.8, 4) is 0 Å². The molecule has 2 aromatic rings. The first-order valence-electron chi connectivity index (χ1n) is 7.00. The maximum absolute atomic E-state index is 12.8. The van der Waals surface area contributed by atoms with Crippen molar-refractivity contribution in [1.82, 2.24) is 0 Å². The van der Waals surface area contributed by atoms with Crippen molar-refractivity contribution in [2.75, 3.05) is 17.3 Å². The van der Waals surface area contributed by atoms with Gasteiger partial charge in [-0.3, -0.25) is 4.79 Å². The van der Waals surface area contributed by atoms with E-state index in [0.29, 0.717) is 15.8 Å². The number of fused-ring (bicyclic) bond motifs is 3. The molecule has 10 heteroatoms. The Bertz CT molecular complexity index is 976. The van der Waals surface area contributed by atoms with E-state index in [1.807, 2.05) is 0 Å². The number of hydrogen-bond donors (Lipinski definition) is 0. The molecule has 0 N–H and O–H groups in total. The fourth-order valence-corrected chi connectivity index (χ4v) is 4.44. The molecule has 25 heavy (non-hydrogen) atoms. The number of alkyl halides is 4. The lowest BCUT2D eigenvalue weighted by atomic mass is 9.96. The lowest BCUT2D eigenvalue weighted by Crippen LogP contribution is -2.40. The Kier molecular flexibility index (Phi) is 4.41. The van der Waals surface area contributed by atoms with Gasteiger partial charge in [-0.05, 0) is 23.1 Å². The molecular formula is C15H10Cl2F3NO3S. The fraction of sp³-hybridized carbons (Fsp3) is 0.267. The third-order valence-electron chi connectivity index (χ3n) is 4.08. The van der Waals surface area contributed by atoms with Gasteiger partial charge in [0.2, 0.25) is 0 Å². The van der Waals surface area contributed by atoms with Crippen molar-refractivity contribution in [3.63, 3.8) is 0 Å². The molecule has 1 amide bonds. The number of hydrogen-bond acceptors (Lipinski definition) is 3. The summed E-state index contributed by atoms with van der Waals surface area (Å²) in [6, 6.07) is 6.95. The van der Waals surface area contributed by atoms with Crippen molar-refractivity contribution in [1.29, 1.82) is 0 Å². The number of benzene rings is 2. The number of rotatable bonds is 2. The average molecular weight is 412 g/mol. The predicted octanol–water partition coefficient (Wildman–Crippen LogP) is 4.00. The number of anilines is 1. The Labute approximate surface area is 150 Å². The van der Waals surface area contributed by atoms with E-state index in [1.165, 1.54) is 24.3 Å². The van der Waals surface area contributed by atoms with Crippen molar-refractivity contribution in [2.45, 2.75) is 17.0 Å². The zero-order chi connectivity index (χ0) is 18.6. The molecule has 1 aliphatic heterocycles. The Morgan fingerprint density at radius 3 is 2.44 bits per heavy atom. The van der Waals surface area contributed by atoms with Crippen LogP contribution in [0.1, 0.15) is 11.5 Å². The van der Waals surface area contributed by atoms with E-state index in [1.54, 1.807) is 6.07 Å². The zero-order valence-corrected chi connectivity index (χ0v) is 14.7. The second-order valence-electron chi connectivity index (χ2n) is 5.55. The summed E-state index contributed by atoms with van der Waals surface area (Å²) < 4.78 is 62.0. The molecule has 4 nitrogen and oxygen atoms in total. The molecule has 0 bridgehead atoms. The minimum absolute atomic E-state index is 0.0222. The van der Waals surface area contributed by atoms with Crippen molar-refractivity contribution < 1.29 is 26.4 Å². The highest BCUT2D eigenvalue weighted by molar-refractivity contribution is 8.14. The van der Waals surface area contributed by atoms with E-state index in [0.717, 1.165) is 0 Å². The third-order valence-corrected chi connectivity index (χ3v) is 5.83. The molecule has 1 unspecified atom stereocenters. The van der Waals surface area contributed by atoms with Crippen LogP contribution in [0.25, 0.3) is 10.8 Å². The number of carbonyl (C=O) groups is 1. The molecule has 1 atom stereocenters. The lowest BCUT2D eigenvalue weighted by molar-refractivity contribution is -0.170. The first-order chi connectivity index (χ1) is 11.6. The van der Waals surface area contributed by atoms with Crippen LogP contribution >= 0.6 is 22.3 Å². The highest BCUT2D eigenvalue weighted by atomic mass is 35.7. The molecule has 1 heterocycles. The van der Waals surface area contributed by atoms with Crippen LogP contribution in [0.15, 0.2) is 35.2 Å². The Hall–Kier alpha value is -1.51. The van der Waals surface area contributed by atoms with E-state index in [2.05, 4.69) is 0 Å². The van der Waals surface area contributed by atoms with Gasteiger partial charge in [0, 0.05) is 40.1 Å². The molecule has 0 radical (unpaired) electrons. The third kappa shape index (κ3) is 3.07. The largest absolute Gasteiger partial charge is 0.471 e. The number of carbonyl (C=O) groups excluding carboxylic acids is 1. The summed E-state index contributed by atoms with van der Waals surface area (Å²) >= 11 is 5.89. The second-order valence-corrected chi connectivity index (χ2v) is 8.40. The van der Waals surface area contributed by atoms with Gasteiger partial charge in [-0.25, -0.2) is 8.42 Å². The van der Waals surface area contributed by atoms with Crippen LogP contribution in [-0.2, 0) is 13.8 Å². The molecule has 0 aromatic heterocycles. The monoisotopic (exact) mass is 411 g/mol. The van der Waals surface area contributed by atoms with Crippen molar-refractivity contribution >= 4 is 53.7 Å². The van der Waals surface area contributed by atoms with Crippen LogP contribution in [0.5, 0.6) is 0 Å². The molecule has 0 saturated carbocycles. The summed E-state index contributed by atoms with van der Waals surface area (Å²) in [4.78, 5) is 12.2. The lowest BCUT2D eigenvalue weighted by Gasteiger charge is -2.19. The molecule has 0 saturated heterocycles. The van der Waals surface area contributed by atoms with Gasteiger partial charge in [-0.2, -0.15) is 13.2 Å². The zero-order valence-electron chi connectivity index (χ0n) is 12.3. The highest BCUT2D eigenvalue weighted by Gasteiger charge is 2.46. The van der Waals surface area contributed by atoms with Crippen LogP contribution in [0.4, 0.5) is 18.9 Å². The number of nitrogens with zero attached hydrogens (tertiary/aromatic N) is 1. The quantitative estimate of drug-likeness (QED) is 0.554. The average Bonchev–Trinajstić information content (AvgIpc) is 2.90. The molecule has 1 aliphatic rings. The van der Waals surface area contributed by atoms with E-state index >= 15 is 0 Å². The molecule has 0 fully saturated rings. The predicted molar refractivity (Wildman–Crippen MR) is 88.9 cm³/mol. The van der Waals surface area contributed by atoms with Crippen LogP contribution < -0.4 is 4.90 Å². The van der Waals surface area contributed by atoms with Crippen molar-refractivity contribution in [2.24, 2.45) is 0 Å². The maximum Gasteiger partial charge on any atom is 0.471 e. The minimum Gasteiger partial charge on any atom is -0.304 e. The topological polar surface area (TPSA) is 54.5 Å². The first-order valence-corrected chi connectivity index (χ1v) is 9.85. The smallest absolute Gasteiger partial charge is 0.304 e. The van der Waals surface area contributed by atoms with Gasteiger partial charge in [0.1, 0.15) is 0 Å². The Morgan fingerprint density at radius 2 is 1.88 bits per heavy atom. The van der Waals surface area contributed by atoms with E-state index in [4.69, 9.17) is 22.3 Å². The maximum atomic E-state index is 12.8. The minimum atomic E-state index is -5.02. The summed E-state index contributed by atoms with van der Waals surface area (Å²) in [5.74, 6) is -2.56. The van der Waals surface area contributed by atoms with Crippen molar-refractivity contribution in [3.05, 3.63) is 35.9 Å². The second kappa shape index (κ2) is 6.03.